The van der Waals surface area contributed by atoms with E-state index in [-0.39, 0.29) is 24.3 Å². The third kappa shape index (κ3) is 5.48. The lowest BCUT2D eigenvalue weighted by Gasteiger charge is -2.13. The van der Waals surface area contributed by atoms with Gasteiger partial charge in [0.05, 0.1) is 11.3 Å². The molecule has 2 rings (SSSR count). The van der Waals surface area contributed by atoms with Gasteiger partial charge in [0, 0.05) is 22.5 Å². The quantitative estimate of drug-likeness (QED) is 0.764. The van der Waals surface area contributed by atoms with Crippen LogP contribution in [0.15, 0.2) is 42.5 Å². The van der Waals surface area contributed by atoms with Crippen molar-refractivity contribution in [1.82, 2.24) is 5.32 Å². The van der Waals surface area contributed by atoms with E-state index in [1.54, 1.807) is 42.5 Å². The molecule has 0 aliphatic rings. The predicted octanol–water partition coefficient (Wildman–Crippen LogP) is 4.70. The Kier molecular flexibility index (Phi) is 6.85. The minimum Gasteiger partial charge on any atom is -0.350 e. The second-order valence-corrected chi connectivity index (χ2v) is 6.74. The maximum absolute atomic E-state index is 12.3. The van der Waals surface area contributed by atoms with Crippen LogP contribution in [0.25, 0.3) is 0 Å². The third-order valence-corrected chi connectivity index (χ3v) is 4.24. The summed E-state index contributed by atoms with van der Waals surface area (Å²) < 4.78 is 0. The van der Waals surface area contributed by atoms with Crippen LogP contribution in [-0.4, -0.2) is 17.9 Å². The van der Waals surface area contributed by atoms with Gasteiger partial charge in [-0.25, -0.2) is 0 Å². The van der Waals surface area contributed by atoms with Gasteiger partial charge in [-0.3, -0.25) is 9.59 Å². The van der Waals surface area contributed by atoms with Gasteiger partial charge in [0.15, 0.2) is 0 Å². The van der Waals surface area contributed by atoms with Crippen molar-refractivity contribution in [2.75, 3.05) is 5.32 Å². The zero-order chi connectivity index (χ0) is 18.4. The number of rotatable bonds is 6. The molecule has 0 bridgehead atoms. The summed E-state index contributed by atoms with van der Waals surface area (Å²) in [5, 5.41) is 6.69. The molecule has 0 spiro atoms. The van der Waals surface area contributed by atoms with Crippen molar-refractivity contribution >= 4 is 40.7 Å². The molecule has 4 nitrogen and oxygen atoms in total. The number of hydrogen-bond donors (Lipinski definition) is 2. The fraction of sp³-hybridized carbons (Fsp3) is 0.263. The number of anilines is 1. The molecule has 0 heterocycles. The van der Waals surface area contributed by atoms with Gasteiger partial charge in [-0.2, -0.15) is 0 Å². The lowest BCUT2D eigenvalue weighted by Crippen LogP contribution is -2.31. The molecule has 0 saturated carbocycles. The minimum absolute atomic E-state index is 0.0126. The number of halogens is 2. The van der Waals surface area contributed by atoms with Crippen LogP contribution in [-0.2, 0) is 11.2 Å². The summed E-state index contributed by atoms with van der Waals surface area (Å²) in [5.74, 6) is -0.430. The smallest absolute Gasteiger partial charge is 0.253 e. The zero-order valence-electron chi connectivity index (χ0n) is 14.1. The first-order valence-corrected chi connectivity index (χ1v) is 8.76. The summed E-state index contributed by atoms with van der Waals surface area (Å²) in [5.41, 5.74) is 1.66. The Morgan fingerprint density at radius 1 is 1.00 bits per heavy atom. The van der Waals surface area contributed by atoms with Crippen LogP contribution in [0.2, 0.25) is 10.0 Å². The van der Waals surface area contributed by atoms with E-state index in [9.17, 15) is 9.59 Å². The average molecular weight is 379 g/mol. The van der Waals surface area contributed by atoms with E-state index >= 15 is 0 Å². The number of hydrogen-bond acceptors (Lipinski definition) is 2. The number of carbonyl (C=O) groups excluding carboxylic acids is 2. The first-order valence-electron chi connectivity index (χ1n) is 8.01. The van der Waals surface area contributed by atoms with E-state index in [1.165, 1.54) is 0 Å². The Labute approximate surface area is 157 Å². The lowest BCUT2D eigenvalue weighted by molar-refractivity contribution is -0.116. The van der Waals surface area contributed by atoms with Crippen molar-refractivity contribution in [1.29, 1.82) is 0 Å². The largest absolute Gasteiger partial charge is 0.350 e. The molecule has 25 heavy (non-hydrogen) atoms. The summed E-state index contributed by atoms with van der Waals surface area (Å²) in [4.78, 5) is 24.5. The fourth-order valence-electron chi connectivity index (χ4n) is 2.35. The van der Waals surface area contributed by atoms with Crippen molar-refractivity contribution in [3.8, 4) is 0 Å². The van der Waals surface area contributed by atoms with Crippen molar-refractivity contribution < 1.29 is 9.59 Å². The fourth-order valence-corrected chi connectivity index (χ4v) is 2.94. The highest BCUT2D eigenvalue weighted by Crippen LogP contribution is 2.25. The topological polar surface area (TPSA) is 58.2 Å². The van der Waals surface area contributed by atoms with Crippen molar-refractivity contribution in [3.05, 3.63) is 63.6 Å². The normalized spacial score (nSPS) is 10.6. The Hall–Kier alpha value is -2.04. The van der Waals surface area contributed by atoms with E-state index in [0.717, 1.165) is 5.56 Å². The van der Waals surface area contributed by atoms with Crippen LogP contribution in [0.4, 0.5) is 5.69 Å². The van der Waals surface area contributed by atoms with Crippen LogP contribution < -0.4 is 10.6 Å². The Bertz CT molecular complexity index is 756. The molecule has 0 aliphatic heterocycles. The van der Waals surface area contributed by atoms with Crippen LogP contribution in [0, 0.1) is 0 Å². The van der Waals surface area contributed by atoms with Gasteiger partial charge in [-0.05, 0) is 50.1 Å². The molecule has 2 N–H and O–H groups in total. The number of nitrogens with one attached hydrogen (secondary N) is 2. The van der Waals surface area contributed by atoms with E-state index < -0.39 is 0 Å². The molecule has 2 amide bonds. The van der Waals surface area contributed by atoms with Gasteiger partial charge in [-0.15, -0.1) is 0 Å². The van der Waals surface area contributed by atoms with Gasteiger partial charge in [0.25, 0.3) is 5.91 Å². The molecule has 0 radical (unpaired) electrons. The molecule has 0 aromatic heterocycles. The highest BCUT2D eigenvalue weighted by molar-refractivity contribution is 6.36. The molecule has 132 valence electrons. The number of amides is 2. The SMILES string of the molecule is CC(C)NC(=O)c1ccccc1NC(=O)CCc1c(Cl)cccc1Cl. The summed E-state index contributed by atoms with van der Waals surface area (Å²) in [7, 11) is 0. The minimum atomic E-state index is -0.222. The first kappa shape index (κ1) is 19.3. The molecule has 0 fully saturated rings. The number of benzene rings is 2. The maximum atomic E-state index is 12.3. The summed E-state index contributed by atoms with van der Waals surface area (Å²) in [6, 6.07) is 12.2. The second kappa shape index (κ2) is 8.88. The van der Waals surface area contributed by atoms with Gasteiger partial charge >= 0.3 is 0 Å². The lowest BCUT2D eigenvalue weighted by atomic mass is 10.1. The predicted molar refractivity (Wildman–Crippen MR) is 102 cm³/mol. The molecular weight excluding hydrogens is 359 g/mol. The summed E-state index contributed by atoms with van der Waals surface area (Å²) in [6.45, 7) is 3.76. The van der Waals surface area contributed by atoms with E-state index in [1.807, 2.05) is 13.8 Å². The average Bonchev–Trinajstić information content (AvgIpc) is 2.54. The molecule has 0 unspecified atom stereocenters. The van der Waals surface area contributed by atoms with Gasteiger partial charge < -0.3 is 10.6 Å². The van der Waals surface area contributed by atoms with E-state index in [2.05, 4.69) is 10.6 Å². The first-order chi connectivity index (χ1) is 11.9. The molecular formula is C19H20Cl2N2O2. The Morgan fingerprint density at radius 3 is 2.28 bits per heavy atom. The Morgan fingerprint density at radius 2 is 1.64 bits per heavy atom. The third-order valence-electron chi connectivity index (χ3n) is 3.53. The molecule has 0 atom stereocenters. The highest BCUT2D eigenvalue weighted by atomic mass is 35.5. The maximum Gasteiger partial charge on any atom is 0.253 e. The van der Waals surface area contributed by atoms with Crippen LogP contribution in [0.1, 0.15) is 36.2 Å². The van der Waals surface area contributed by atoms with Crippen molar-refractivity contribution in [2.24, 2.45) is 0 Å². The molecule has 0 aliphatic carbocycles. The van der Waals surface area contributed by atoms with Gasteiger partial charge in [0.2, 0.25) is 5.91 Å². The van der Waals surface area contributed by atoms with Crippen LogP contribution in [0.3, 0.4) is 0 Å². The van der Waals surface area contributed by atoms with E-state index in [0.29, 0.717) is 27.7 Å². The van der Waals surface area contributed by atoms with Gasteiger partial charge in [0.1, 0.15) is 0 Å². The summed E-state index contributed by atoms with van der Waals surface area (Å²) in [6.07, 6.45) is 0.633. The number of para-hydroxylation sites is 1. The van der Waals surface area contributed by atoms with Crippen molar-refractivity contribution in [2.45, 2.75) is 32.7 Å². The molecule has 2 aromatic rings. The monoisotopic (exact) mass is 378 g/mol. The Balaban J connectivity index is 2.05. The molecule has 6 heteroatoms. The molecule has 0 saturated heterocycles. The second-order valence-electron chi connectivity index (χ2n) is 5.92. The highest BCUT2D eigenvalue weighted by Gasteiger charge is 2.14. The van der Waals surface area contributed by atoms with Crippen LogP contribution >= 0.6 is 23.2 Å². The van der Waals surface area contributed by atoms with Gasteiger partial charge in [-0.1, -0.05) is 41.4 Å². The zero-order valence-corrected chi connectivity index (χ0v) is 15.6. The number of carbonyl (C=O) groups is 2. The van der Waals surface area contributed by atoms with Crippen LogP contribution in [0.5, 0.6) is 0 Å². The van der Waals surface area contributed by atoms with E-state index in [4.69, 9.17) is 23.2 Å². The standard InChI is InChI=1S/C19H20Cl2N2O2/c1-12(2)22-19(25)14-6-3-4-9-17(14)23-18(24)11-10-13-15(20)7-5-8-16(13)21/h3-9,12H,10-11H2,1-2H3,(H,22,25)(H,23,24). The summed E-state index contributed by atoms with van der Waals surface area (Å²) >= 11 is 12.2. The van der Waals surface area contributed by atoms with Crippen molar-refractivity contribution in [3.63, 3.8) is 0 Å². The molecule has 2 aromatic carbocycles.